The third-order valence-electron chi connectivity index (χ3n) is 2.79. The van der Waals surface area contributed by atoms with Gasteiger partial charge in [0.05, 0.1) is 17.3 Å². The van der Waals surface area contributed by atoms with Crippen LogP contribution < -0.4 is 10.6 Å². The van der Waals surface area contributed by atoms with E-state index in [1.165, 1.54) is 0 Å². The molecule has 0 aliphatic carbocycles. The molecule has 0 aliphatic rings. The van der Waals surface area contributed by atoms with Gasteiger partial charge in [0.2, 0.25) is 0 Å². The lowest BCUT2D eigenvalue weighted by Crippen LogP contribution is -2.27. The molecule has 0 aliphatic heterocycles. The van der Waals surface area contributed by atoms with Gasteiger partial charge in [0.25, 0.3) is 5.91 Å². The minimum Gasteiger partial charge on any atom is -0.385 e. The Morgan fingerprint density at radius 3 is 2.95 bits per heavy atom. The Morgan fingerprint density at radius 1 is 1.50 bits per heavy atom. The van der Waals surface area contributed by atoms with Crippen LogP contribution in [0.2, 0.25) is 0 Å². The maximum absolute atomic E-state index is 12.3. The molecule has 106 valence electrons. The molecule has 0 bridgehead atoms. The maximum atomic E-state index is 12.3. The second-order valence-electron chi connectivity index (χ2n) is 4.47. The average molecular weight is 290 g/mol. The smallest absolute Gasteiger partial charge is 0.255 e. The summed E-state index contributed by atoms with van der Waals surface area (Å²) >= 11 is 1.55. The van der Waals surface area contributed by atoms with Gasteiger partial charge in [-0.15, -0.1) is 11.3 Å². The van der Waals surface area contributed by atoms with Gasteiger partial charge < -0.3 is 10.6 Å². The summed E-state index contributed by atoms with van der Waals surface area (Å²) < 4.78 is 0. The predicted octanol–water partition coefficient (Wildman–Crippen LogP) is 2.77. The molecule has 1 amide bonds. The van der Waals surface area contributed by atoms with Gasteiger partial charge in [0.15, 0.2) is 0 Å². The van der Waals surface area contributed by atoms with Crippen LogP contribution in [0, 0.1) is 6.92 Å². The Morgan fingerprint density at radius 2 is 2.30 bits per heavy atom. The van der Waals surface area contributed by atoms with E-state index in [1.807, 2.05) is 26.2 Å². The summed E-state index contributed by atoms with van der Waals surface area (Å²) in [6.07, 6.45) is 3.25. The van der Waals surface area contributed by atoms with Gasteiger partial charge in [0, 0.05) is 30.0 Å². The summed E-state index contributed by atoms with van der Waals surface area (Å²) in [7, 11) is 0. The molecule has 0 aromatic carbocycles. The number of carbonyl (C=O) groups is 1. The lowest BCUT2D eigenvalue weighted by molar-refractivity contribution is 0.0940. The largest absolute Gasteiger partial charge is 0.385 e. The summed E-state index contributed by atoms with van der Waals surface area (Å²) in [5.41, 5.74) is 2.32. The van der Waals surface area contributed by atoms with E-state index in [0.29, 0.717) is 5.56 Å². The molecular formula is C14H18N4OS. The fraction of sp³-hybridized carbons (Fsp3) is 0.357. The summed E-state index contributed by atoms with van der Waals surface area (Å²) in [6, 6.07) is 1.69. The number of hydrogen-bond acceptors (Lipinski definition) is 5. The monoisotopic (exact) mass is 290 g/mol. The number of pyridine rings is 1. The summed E-state index contributed by atoms with van der Waals surface area (Å²) in [5, 5.41) is 9.00. The molecule has 1 atom stereocenters. The molecule has 2 aromatic rings. The van der Waals surface area contributed by atoms with E-state index in [2.05, 4.69) is 20.6 Å². The fourth-order valence-electron chi connectivity index (χ4n) is 1.83. The van der Waals surface area contributed by atoms with Crippen molar-refractivity contribution in [3.8, 4) is 0 Å². The van der Waals surface area contributed by atoms with Crippen molar-refractivity contribution in [1.29, 1.82) is 0 Å². The Labute approximate surface area is 122 Å². The van der Waals surface area contributed by atoms with Crippen LogP contribution in [-0.2, 0) is 0 Å². The van der Waals surface area contributed by atoms with E-state index in [-0.39, 0.29) is 11.9 Å². The standard InChI is InChI=1S/C14H18N4OS/c1-4-16-12-5-6-15-7-11(12)13(19)18-10(3)14-17-9(2)8-20-14/h5-8,10H,4H2,1-3H3,(H,15,16)(H,18,19). The third kappa shape index (κ3) is 3.33. The quantitative estimate of drug-likeness (QED) is 0.888. The first-order valence-electron chi connectivity index (χ1n) is 6.52. The molecule has 0 saturated carbocycles. The van der Waals surface area contributed by atoms with Crippen LogP contribution in [-0.4, -0.2) is 22.4 Å². The highest BCUT2D eigenvalue weighted by Crippen LogP contribution is 2.19. The molecule has 20 heavy (non-hydrogen) atoms. The molecule has 0 saturated heterocycles. The van der Waals surface area contributed by atoms with Gasteiger partial charge >= 0.3 is 0 Å². The topological polar surface area (TPSA) is 66.9 Å². The van der Waals surface area contributed by atoms with Crippen LogP contribution in [0.5, 0.6) is 0 Å². The van der Waals surface area contributed by atoms with Crippen molar-refractivity contribution >= 4 is 22.9 Å². The van der Waals surface area contributed by atoms with Crippen molar-refractivity contribution in [2.75, 3.05) is 11.9 Å². The molecule has 2 N–H and O–H groups in total. The summed E-state index contributed by atoms with van der Waals surface area (Å²) in [6.45, 7) is 6.62. The van der Waals surface area contributed by atoms with E-state index in [4.69, 9.17) is 0 Å². The first-order chi connectivity index (χ1) is 9.61. The molecule has 2 aromatic heterocycles. The van der Waals surface area contributed by atoms with Gasteiger partial charge in [-0.05, 0) is 26.8 Å². The van der Waals surface area contributed by atoms with Crippen LogP contribution in [0.3, 0.4) is 0 Å². The third-order valence-corrected chi connectivity index (χ3v) is 3.93. The molecule has 6 heteroatoms. The molecule has 5 nitrogen and oxygen atoms in total. The number of nitrogens with one attached hydrogen (secondary N) is 2. The molecular weight excluding hydrogens is 272 g/mol. The van der Waals surface area contributed by atoms with E-state index in [0.717, 1.165) is 22.9 Å². The average Bonchev–Trinajstić information content (AvgIpc) is 2.86. The number of aryl methyl sites for hydroxylation is 1. The van der Waals surface area contributed by atoms with Crippen LogP contribution in [0.1, 0.15) is 40.9 Å². The molecule has 0 fully saturated rings. The van der Waals surface area contributed by atoms with Crippen molar-refractivity contribution in [3.63, 3.8) is 0 Å². The second-order valence-corrected chi connectivity index (χ2v) is 5.36. The van der Waals surface area contributed by atoms with Gasteiger partial charge in [-0.3, -0.25) is 9.78 Å². The van der Waals surface area contributed by atoms with Gasteiger partial charge in [-0.1, -0.05) is 0 Å². The van der Waals surface area contributed by atoms with Crippen LogP contribution in [0.4, 0.5) is 5.69 Å². The zero-order valence-corrected chi connectivity index (χ0v) is 12.6. The lowest BCUT2D eigenvalue weighted by Gasteiger charge is -2.14. The van der Waals surface area contributed by atoms with Crippen molar-refractivity contribution in [2.45, 2.75) is 26.8 Å². The summed E-state index contributed by atoms with van der Waals surface area (Å²) in [4.78, 5) is 20.7. The molecule has 1 unspecified atom stereocenters. The second kappa shape index (κ2) is 6.47. The molecule has 0 radical (unpaired) electrons. The van der Waals surface area contributed by atoms with Crippen LogP contribution in [0.15, 0.2) is 23.8 Å². The lowest BCUT2D eigenvalue weighted by atomic mass is 10.2. The van der Waals surface area contributed by atoms with E-state index in [9.17, 15) is 4.79 Å². The maximum Gasteiger partial charge on any atom is 0.255 e. The molecule has 2 rings (SSSR count). The number of carbonyl (C=O) groups excluding carboxylic acids is 1. The minimum atomic E-state index is -0.144. The fourth-order valence-corrected chi connectivity index (χ4v) is 2.63. The van der Waals surface area contributed by atoms with E-state index in [1.54, 1.807) is 29.8 Å². The van der Waals surface area contributed by atoms with E-state index < -0.39 is 0 Å². The van der Waals surface area contributed by atoms with E-state index >= 15 is 0 Å². The Bertz CT molecular complexity index is 596. The first-order valence-corrected chi connectivity index (χ1v) is 7.40. The Kier molecular flexibility index (Phi) is 4.68. The van der Waals surface area contributed by atoms with Crippen molar-refractivity contribution in [2.24, 2.45) is 0 Å². The summed E-state index contributed by atoms with van der Waals surface area (Å²) in [5.74, 6) is -0.144. The van der Waals surface area contributed by atoms with Crippen LogP contribution >= 0.6 is 11.3 Å². The zero-order valence-electron chi connectivity index (χ0n) is 11.8. The number of thiazole rings is 1. The number of amides is 1. The normalized spacial score (nSPS) is 11.9. The minimum absolute atomic E-state index is 0.115. The van der Waals surface area contributed by atoms with Gasteiger partial charge in [0.1, 0.15) is 5.01 Å². The van der Waals surface area contributed by atoms with Crippen molar-refractivity contribution in [1.82, 2.24) is 15.3 Å². The highest BCUT2D eigenvalue weighted by atomic mass is 32.1. The highest BCUT2D eigenvalue weighted by molar-refractivity contribution is 7.09. The Hall–Kier alpha value is -1.95. The first kappa shape index (κ1) is 14.5. The highest BCUT2D eigenvalue weighted by Gasteiger charge is 2.16. The SMILES string of the molecule is CCNc1ccncc1C(=O)NC(C)c1nc(C)cs1. The van der Waals surface area contributed by atoms with Crippen molar-refractivity contribution in [3.05, 3.63) is 40.1 Å². The van der Waals surface area contributed by atoms with Gasteiger partial charge in [-0.25, -0.2) is 4.98 Å². The number of anilines is 1. The predicted molar refractivity (Wildman–Crippen MR) is 81.1 cm³/mol. The number of aromatic nitrogens is 2. The van der Waals surface area contributed by atoms with Crippen molar-refractivity contribution < 1.29 is 4.79 Å². The number of rotatable bonds is 5. The molecule has 0 spiro atoms. The van der Waals surface area contributed by atoms with Crippen LogP contribution in [0.25, 0.3) is 0 Å². The number of hydrogen-bond donors (Lipinski definition) is 2. The molecule has 2 heterocycles. The Balaban J connectivity index is 2.12. The van der Waals surface area contributed by atoms with Gasteiger partial charge in [-0.2, -0.15) is 0 Å². The number of nitrogens with zero attached hydrogens (tertiary/aromatic N) is 2. The zero-order chi connectivity index (χ0) is 14.5.